The van der Waals surface area contributed by atoms with Gasteiger partial charge in [-0.2, -0.15) is 0 Å². The van der Waals surface area contributed by atoms with Crippen LogP contribution in [-0.2, 0) is 6.54 Å². The average Bonchev–Trinajstić information content (AvgIpc) is 2.49. The van der Waals surface area contributed by atoms with Crippen molar-refractivity contribution in [1.29, 1.82) is 0 Å². The quantitative estimate of drug-likeness (QED) is 0.578. The Morgan fingerprint density at radius 1 is 0.900 bits per heavy atom. The molecular formula is C18H32N2. The summed E-state index contributed by atoms with van der Waals surface area (Å²) in [6.07, 6.45) is 6.69. The second-order valence-corrected chi connectivity index (χ2v) is 5.46. The molecule has 0 heterocycles. The third-order valence-corrected chi connectivity index (χ3v) is 3.90. The SMILES string of the molecule is CCCCCCCNc1ccccc1CN(CC)CC. The lowest BCUT2D eigenvalue weighted by Crippen LogP contribution is -2.22. The van der Waals surface area contributed by atoms with Crippen molar-refractivity contribution in [2.24, 2.45) is 0 Å². The Hall–Kier alpha value is -1.02. The van der Waals surface area contributed by atoms with Crippen molar-refractivity contribution in [3.05, 3.63) is 29.8 Å². The van der Waals surface area contributed by atoms with Crippen LogP contribution in [0.5, 0.6) is 0 Å². The number of anilines is 1. The minimum atomic E-state index is 1.05. The van der Waals surface area contributed by atoms with Crippen molar-refractivity contribution in [1.82, 2.24) is 4.90 Å². The van der Waals surface area contributed by atoms with Crippen molar-refractivity contribution in [2.45, 2.75) is 59.4 Å². The van der Waals surface area contributed by atoms with E-state index in [1.807, 2.05) is 0 Å². The molecule has 114 valence electrons. The molecule has 0 saturated heterocycles. The van der Waals surface area contributed by atoms with Crippen molar-refractivity contribution in [3.8, 4) is 0 Å². The fraction of sp³-hybridized carbons (Fsp3) is 0.667. The molecule has 1 rings (SSSR count). The van der Waals surface area contributed by atoms with Gasteiger partial charge in [0.25, 0.3) is 0 Å². The van der Waals surface area contributed by atoms with Crippen LogP contribution in [0.4, 0.5) is 5.69 Å². The van der Waals surface area contributed by atoms with Crippen LogP contribution in [0.3, 0.4) is 0 Å². The predicted molar refractivity (Wildman–Crippen MR) is 90.3 cm³/mol. The van der Waals surface area contributed by atoms with E-state index in [1.54, 1.807) is 0 Å². The number of nitrogens with one attached hydrogen (secondary N) is 1. The lowest BCUT2D eigenvalue weighted by atomic mass is 10.1. The van der Waals surface area contributed by atoms with Crippen LogP contribution in [0, 0.1) is 0 Å². The van der Waals surface area contributed by atoms with Crippen molar-refractivity contribution in [2.75, 3.05) is 25.0 Å². The molecule has 1 aromatic rings. The summed E-state index contributed by atoms with van der Waals surface area (Å²) < 4.78 is 0. The first-order valence-corrected chi connectivity index (χ1v) is 8.35. The molecule has 0 aliphatic heterocycles. The minimum absolute atomic E-state index is 1.05. The van der Waals surface area contributed by atoms with Crippen LogP contribution in [0.15, 0.2) is 24.3 Å². The Balaban J connectivity index is 2.40. The maximum Gasteiger partial charge on any atom is 0.0385 e. The van der Waals surface area contributed by atoms with Gasteiger partial charge in [-0.3, -0.25) is 4.90 Å². The Morgan fingerprint density at radius 2 is 1.60 bits per heavy atom. The van der Waals surface area contributed by atoms with Gasteiger partial charge in [-0.05, 0) is 31.1 Å². The van der Waals surface area contributed by atoms with Crippen LogP contribution in [0.2, 0.25) is 0 Å². The second kappa shape index (κ2) is 10.7. The zero-order valence-electron chi connectivity index (χ0n) is 13.6. The molecule has 0 aliphatic rings. The van der Waals surface area contributed by atoms with Gasteiger partial charge in [-0.1, -0.05) is 64.7 Å². The highest BCUT2D eigenvalue weighted by molar-refractivity contribution is 5.50. The number of rotatable bonds is 11. The van der Waals surface area contributed by atoms with Gasteiger partial charge in [0.1, 0.15) is 0 Å². The first kappa shape index (κ1) is 17.0. The molecule has 0 atom stereocenters. The summed E-state index contributed by atoms with van der Waals surface area (Å²) in [6.45, 7) is 11.1. The summed E-state index contributed by atoms with van der Waals surface area (Å²) in [6, 6.07) is 8.74. The van der Waals surface area contributed by atoms with Gasteiger partial charge in [-0.25, -0.2) is 0 Å². The number of nitrogens with zero attached hydrogens (tertiary/aromatic N) is 1. The van der Waals surface area contributed by atoms with Crippen molar-refractivity contribution in [3.63, 3.8) is 0 Å². The molecule has 0 radical (unpaired) electrons. The highest BCUT2D eigenvalue weighted by atomic mass is 15.1. The first-order valence-electron chi connectivity index (χ1n) is 8.35. The molecule has 0 bridgehead atoms. The fourth-order valence-corrected chi connectivity index (χ4v) is 2.47. The van der Waals surface area contributed by atoms with Crippen molar-refractivity contribution >= 4 is 5.69 Å². The molecule has 2 heteroatoms. The van der Waals surface area contributed by atoms with E-state index in [1.165, 1.54) is 43.4 Å². The molecule has 0 amide bonds. The van der Waals surface area contributed by atoms with Gasteiger partial charge in [-0.15, -0.1) is 0 Å². The molecular weight excluding hydrogens is 244 g/mol. The van der Waals surface area contributed by atoms with Gasteiger partial charge in [0.05, 0.1) is 0 Å². The van der Waals surface area contributed by atoms with E-state index in [-0.39, 0.29) is 0 Å². The Labute approximate surface area is 125 Å². The molecule has 1 N–H and O–H groups in total. The highest BCUT2D eigenvalue weighted by Crippen LogP contribution is 2.17. The van der Waals surface area contributed by atoms with E-state index in [0.717, 1.165) is 26.2 Å². The van der Waals surface area contributed by atoms with E-state index in [4.69, 9.17) is 0 Å². The third kappa shape index (κ3) is 6.42. The zero-order chi connectivity index (χ0) is 14.6. The van der Waals surface area contributed by atoms with E-state index in [9.17, 15) is 0 Å². The normalized spacial score (nSPS) is 11.0. The summed E-state index contributed by atoms with van der Waals surface area (Å²) in [5.41, 5.74) is 2.74. The lowest BCUT2D eigenvalue weighted by Gasteiger charge is -2.20. The maximum absolute atomic E-state index is 3.62. The topological polar surface area (TPSA) is 15.3 Å². The molecule has 0 spiro atoms. The van der Waals surface area contributed by atoms with Crippen LogP contribution in [-0.4, -0.2) is 24.5 Å². The fourth-order valence-electron chi connectivity index (χ4n) is 2.47. The average molecular weight is 276 g/mol. The minimum Gasteiger partial charge on any atom is -0.385 e. The van der Waals surface area contributed by atoms with E-state index in [0.29, 0.717) is 0 Å². The van der Waals surface area contributed by atoms with E-state index >= 15 is 0 Å². The van der Waals surface area contributed by atoms with Crippen molar-refractivity contribution < 1.29 is 0 Å². The summed E-state index contributed by atoms with van der Waals surface area (Å²) in [4.78, 5) is 2.46. The molecule has 0 saturated carbocycles. The predicted octanol–water partition coefficient (Wildman–Crippen LogP) is 4.91. The molecule has 1 aromatic carbocycles. The zero-order valence-corrected chi connectivity index (χ0v) is 13.6. The summed E-state index contributed by atoms with van der Waals surface area (Å²) in [5.74, 6) is 0. The van der Waals surface area contributed by atoms with Gasteiger partial charge >= 0.3 is 0 Å². The lowest BCUT2D eigenvalue weighted by molar-refractivity contribution is 0.296. The van der Waals surface area contributed by atoms with E-state index in [2.05, 4.69) is 55.3 Å². The van der Waals surface area contributed by atoms with Crippen LogP contribution in [0.25, 0.3) is 0 Å². The number of unbranched alkanes of at least 4 members (excludes halogenated alkanes) is 4. The number of hydrogen-bond acceptors (Lipinski definition) is 2. The molecule has 2 nitrogen and oxygen atoms in total. The van der Waals surface area contributed by atoms with E-state index < -0.39 is 0 Å². The molecule has 0 aliphatic carbocycles. The Bertz CT molecular complexity index is 345. The Morgan fingerprint density at radius 3 is 2.30 bits per heavy atom. The molecule has 0 aromatic heterocycles. The number of hydrogen-bond donors (Lipinski definition) is 1. The first-order chi connectivity index (χ1) is 9.81. The molecule has 0 unspecified atom stereocenters. The Kier molecular flexibility index (Phi) is 9.14. The summed E-state index contributed by atoms with van der Waals surface area (Å²) >= 11 is 0. The summed E-state index contributed by atoms with van der Waals surface area (Å²) in [5, 5.41) is 3.62. The summed E-state index contributed by atoms with van der Waals surface area (Å²) in [7, 11) is 0. The second-order valence-electron chi connectivity index (χ2n) is 5.46. The largest absolute Gasteiger partial charge is 0.385 e. The van der Waals surface area contributed by atoms with Gasteiger partial charge in [0.2, 0.25) is 0 Å². The molecule has 20 heavy (non-hydrogen) atoms. The molecule has 0 fully saturated rings. The maximum atomic E-state index is 3.62. The highest BCUT2D eigenvalue weighted by Gasteiger charge is 2.05. The monoisotopic (exact) mass is 276 g/mol. The van der Waals surface area contributed by atoms with Gasteiger partial charge in [0, 0.05) is 18.8 Å². The number of benzene rings is 1. The number of para-hydroxylation sites is 1. The van der Waals surface area contributed by atoms with Crippen LogP contribution >= 0.6 is 0 Å². The van der Waals surface area contributed by atoms with Crippen LogP contribution < -0.4 is 5.32 Å². The third-order valence-electron chi connectivity index (χ3n) is 3.90. The van der Waals surface area contributed by atoms with Crippen LogP contribution in [0.1, 0.15) is 58.4 Å². The smallest absolute Gasteiger partial charge is 0.0385 e. The van der Waals surface area contributed by atoms with Gasteiger partial charge in [0.15, 0.2) is 0 Å². The van der Waals surface area contributed by atoms with Gasteiger partial charge < -0.3 is 5.32 Å². The standard InChI is InChI=1S/C18H32N2/c1-4-7-8-9-12-15-19-18-14-11-10-13-17(18)16-20(5-2)6-3/h10-11,13-14,19H,4-9,12,15-16H2,1-3H3.